The van der Waals surface area contributed by atoms with Crippen molar-refractivity contribution >= 4 is 17.9 Å². The number of hydrogen-bond acceptors (Lipinski definition) is 6. The van der Waals surface area contributed by atoms with E-state index in [1.807, 2.05) is 0 Å². The quantitative estimate of drug-likeness (QED) is 0.442. The van der Waals surface area contributed by atoms with Crippen molar-refractivity contribution in [2.45, 2.75) is 50.4 Å². The Morgan fingerprint density at radius 1 is 1.17 bits per heavy atom. The average Bonchev–Trinajstić information content (AvgIpc) is 3.25. The van der Waals surface area contributed by atoms with Gasteiger partial charge < -0.3 is 14.2 Å². The highest BCUT2D eigenvalue weighted by atomic mass is 16.6. The second-order valence-corrected chi connectivity index (χ2v) is 6.97. The molecule has 23 heavy (non-hydrogen) atoms. The molecule has 124 valence electrons. The van der Waals surface area contributed by atoms with Crippen molar-refractivity contribution in [3.05, 3.63) is 12.7 Å². The summed E-state index contributed by atoms with van der Waals surface area (Å²) in [5, 5.41) is 0. The smallest absolute Gasteiger partial charge is 0.330 e. The lowest BCUT2D eigenvalue weighted by Crippen LogP contribution is -2.44. The summed E-state index contributed by atoms with van der Waals surface area (Å²) in [6, 6.07) is 0. The molecule has 0 spiro atoms. The first-order valence-corrected chi connectivity index (χ1v) is 8.34. The van der Waals surface area contributed by atoms with Crippen LogP contribution >= 0.6 is 0 Å². The fourth-order valence-corrected chi connectivity index (χ4v) is 4.90. The van der Waals surface area contributed by atoms with E-state index in [-0.39, 0.29) is 29.9 Å². The van der Waals surface area contributed by atoms with Crippen LogP contribution in [0.5, 0.6) is 0 Å². The molecule has 3 saturated carbocycles. The normalized spacial score (nSPS) is 41.0. The van der Waals surface area contributed by atoms with Crippen LogP contribution in [-0.2, 0) is 28.6 Å². The number of hydrogen-bond donors (Lipinski definition) is 0. The lowest BCUT2D eigenvalue weighted by atomic mass is 9.78. The molecule has 1 aliphatic heterocycles. The van der Waals surface area contributed by atoms with E-state index in [4.69, 9.17) is 14.2 Å². The summed E-state index contributed by atoms with van der Waals surface area (Å²) in [4.78, 5) is 36.3. The van der Waals surface area contributed by atoms with Gasteiger partial charge in [0, 0.05) is 17.9 Å². The average molecular weight is 320 g/mol. The molecule has 4 rings (SSSR count). The van der Waals surface area contributed by atoms with E-state index >= 15 is 0 Å². The molecule has 6 nitrogen and oxygen atoms in total. The lowest BCUT2D eigenvalue weighted by molar-refractivity contribution is -0.165. The monoisotopic (exact) mass is 320 g/mol. The Hall–Kier alpha value is -1.85. The van der Waals surface area contributed by atoms with Gasteiger partial charge >= 0.3 is 17.9 Å². The van der Waals surface area contributed by atoms with Crippen molar-refractivity contribution in [1.29, 1.82) is 0 Å². The van der Waals surface area contributed by atoms with Crippen LogP contribution in [0.4, 0.5) is 0 Å². The van der Waals surface area contributed by atoms with E-state index < -0.39 is 30.0 Å². The Balaban J connectivity index is 1.54. The Labute approximate surface area is 134 Å². The third-order valence-electron chi connectivity index (χ3n) is 5.82. The van der Waals surface area contributed by atoms with Crippen LogP contribution < -0.4 is 0 Å². The molecular weight excluding hydrogens is 300 g/mol. The second-order valence-electron chi connectivity index (χ2n) is 6.97. The molecule has 0 N–H and O–H groups in total. The predicted molar refractivity (Wildman–Crippen MR) is 76.9 cm³/mol. The molecule has 0 aromatic heterocycles. The van der Waals surface area contributed by atoms with Crippen LogP contribution in [0.3, 0.4) is 0 Å². The van der Waals surface area contributed by atoms with Crippen LogP contribution in [0.25, 0.3) is 0 Å². The molecule has 6 atom stereocenters. The van der Waals surface area contributed by atoms with Crippen molar-refractivity contribution in [2.75, 3.05) is 0 Å². The fraction of sp³-hybridized carbons (Fsp3) is 0.706. The molecule has 1 heterocycles. The highest BCUT2D eigenvalue weighted by molar-refractivity contribution is 5.87. The number of ether oxygens (including phenoxy) is 3. The molecule has 0 radical (unpaired) electrons. The Kier molecular flexibility index (Phi) is 3.43. The molecule has 6 heteroatoms. The predicted octanol–water partition coefficient (Wildman–Crippen LogP) is 1.38. The topological polar surface area (TPSA) is 78.9 Å². The van der Waals surface area contributed by atoms with E-state index in [0.29, 0.717) is 6.42 Å². The van der Waals surface area contributed by atoms with Crippen LogP contribution in [0.2, 0.25) is 0 Å². The zero-order valence-electron chi connectivity index (χ0n) is 12.8. The Bertz CT molecular complexity index is 563. The minimum atomic E-state index is -0.561. The first-order valence-electron chi connectivity index (χ1n) is 8.34. The molecular formula is C17H20O6. The molecule has 0 amide bonds. The molecule has 3 aliphatic carbocycles. The van der Waals surface area contributed by atoms with Gasteiger partial charge in [-0.1, -0.05) is 6.58 Å². The van der Waals surface area contributed by atoms with Gasteiger partial charge in [0.05, 0.1) is 11.8 Å². The van der Waals surface area contributed by atoms with Crippen LogP contribution in [0.15, 0.2) is 12.7 Å². The number of rotatable bonds is 4. The van der Waals surface area contributed by atoms with Crippen molar-refractivity contribution in [3.63, 3.8) is 0 Å². The van der Waals surface area contributed by atoms with Gasteiger partial charge in [0.1, 0.15) is 18.3 Å². The van der Waals surface area contributed by atoms with Crippen LogP contribution in [0, 0.1) is 23.7 Å². The van der Waals surface area contributed by atoms with Gasteiger partial charge in [0.15, 0.2) is 0 Å². The summed E-state index contributed by atoms with van der Waals surface area (Å²) in [5.74, 6) is -2.45. The van der Waals surface area contributed by atoms with E-state index in [2.05, 4.69) is 6.58 Å². The maximum absolute atomic E-state index is 12.6. The first-order chi connectivity index (χ1) is 11.1. The van der Waals surface area contributed by atoms with Gasteiger partial charge in [-0.2, -0.15) is 0 Å². The number of carbonyl (C=O) groups is 3. The highest BCUT2D eigenvalue weighted by Crippen LogP contribution is 2.59. The van der Waals surface area contributed by atoms with Crippen molar-refractivity contribution < 1.29 is 28.6 Å². The maximum Gasteiger partial charge on any atom is 0.330 e. The number of carbonyl (C=O) groups excluding carboxylic acids is 3. The van der Waals surface area contributed by atoms with Crippen LogP contribution in [0.1, 0.15) is 32.1 Å². The molecule has 0 aromatic rings. The van der Waals surface area contributed by atoms with Gasteiger partial charge in [-0.3, -0.25) is 9.59 Å². The zero-order chi connectivity index (χ0) is 16.1. The minimum Gasteiger partial charge on any atom is -0.462 e. The van der Waals surface area contributed by atoms with Crippen molar-refractivity contribution in [2.24, 2.45) is 23.7 Å². The lowest BCUT2D eigenvalue weighted by Gasteiger charge is -2.30. The maximum atomic E-state index is 12.6. The van der Waals surface area contributed by atoms with Gasteiger partial charge in [-0.05, 0) is 32.1 Å². The van der Waals surface area contributed by atoms with E-state index in [0.717, 1.165) is 31.8 Å². The van der Waals surface area contributed by atoms with E-state index in [1.54, 1.807) is 0 Å². The summed E-state index contributed by atoms with van der Waals surface area (Å²) in [5.41, 5.74) is 0. The van der Waals surface area contributed by atoms with Crippen molar-refractivity contribution in [3.8, 4) is 0 Å². The van der Waals surface area contributed by atoms with Gasteiger partial charge in [-0.15, -0.1) is 0 Å². The molecule has 0 aromatic carbocycles. The Morgan fingerprint density at radius 3 is 2.61 bits per heavy atom. The Morgan fingerprint density at radius 2 is 1.91 bits per heavy atom. The van der Waals surface area contributed by atoms with Gasteiger partial charge in [0.25, 0.3) is 0 Å². The number of fused-ring (bicyclic) bond motifs is 1. The van der Waals surface area contributed by atoms with E-state index in [9.17, 15) is 14.4 Å². The van der Waals surface area contributed by atoms with E-state index in [1.165, 1.54) is 0 Å². The SMILES string of the molecule is C=CC(=O)OC1C2CC3C1OC(=O)C3C2C(=O)OC1CCCC1. The summed E-state index contributed by atoms with van der Waals surface area (Å²) in [6.45, 7) is 3.39. The van der Waals surface area contributed by atoms with Gasteiger partial charge in [-0.25, -0.2) is 4.79 Å². The standard InChI is InChI=1S/C17H20O6/c1-2-11(18)22-14-9-7-10-13(17(20)23-15(10)14)12(9)16(19)21-8-5-3-4-6-8/h2,8-10,12-15H,1,3-7H2. The molecule has 1 saturated heterocycles. The van der Waals surface area contributed by atoms with Crippen molar-refractivity contribution in [1.82, 2.24) is 0 Å². The summed E-state index contributed by atoms with van der Waals surface area (Å²) >= 11 is 0. The minimum absolute atomic E-state index is 0.0379. The summed E-state index contributed by atoms with van der Waals surface area (Å²) < 4.78 is 16.4. The summed E-state index contributed by atoms with van der Waals surface area (Å²) in [6.07, 6.45) is 4.66. The molecule has 4 aliphatic rings. The third-order valence-corrected chi connectivity index (χ3v) is 5.82. The largest absolute Gasteiger partial charge is 0.462 e. The first kappa shape index (κ1) is 14.7. The summed E-state index contributed by atoms with van der Waals surface area (Å²) in [7, 11) is 0. The second kappa shape index (κ2) is 5.35. The molecule has 6 unspecified atom stereocenters. The third kappa shape index (κ3) is 2.18. The molecule has 4 fully saturated rings. The van der Waals surface area contributed by atoms with Crippen LogP contribution in [-0.4, -0.2) is 36.2 Å². The zero-order valence-corrected chi connectivity index (χ0v) is 12.8. The fourth-order valence-electron chi connectivity index (χ4n) is 4.90. The van der Waals surface area contributed by atoms with Gasteiger partial charge in [0.2, 0.25) is 0 Å². The molecule has 2 bridgehead atoms. The highest BCUT2D eigenvalue weighted by Gasteiger charge is 2.70. The number of esters is 3.